The molecule has 0 bridgehead atoms. The van der Waals surface area contributed by atoms with E-state index in [1.54, 1.807) is 0 Å². The van der Waals surface area contributed by atoms with Crippen molar-refractivity contribution in [1.29, 1.82) is 0 Å². The van der Waals surface area contributed by atoms with Gasteiger partial charge in [-0.25, -0.2) is 4.98 Å². The Morgan fingerprint density at radius 1 is 1.00 bits per heavy atom. The molecule has 0 spiro atoms. The molecule has 6 heteroatoms. The van der Waals surface area contributed by atoms with Crippen LogP contribution >= 0.6 is 0 Å². The first kappa shape index (κ1) is 19.3. The van der Waals surface area contributed by atoms with E-state index < -0.39 is 0 Å². The van der Waals surface area contributed by atoms with Crippen molar-refractivity contribution in [2.75, 3.05) is 36.5 Å². The van der Waals surface area contributed by atoms with Gasteiger partial charge < -0.3 is 20.1 Å². The van der Waals surface area contributed by atoms with Crippen molar-refractivity contribution in [2.24, 2.45) is 0 Å². The minimum absolute atomic E-state index is 0.161. The Labute approximate surface area is 176 Å². The number of rotatable bonds is 4. The fourth-order valence-corrected chi connectivity index (χ4v) is 4.41. The van der Waals surface area contributed by atoms with Gasteiger partial charge in [-0.05, 0) is 56.0 Å². The number of benzene rings is 1. The highest BCUT2D eigenvalue weighted by Crippen LogP contribution is 2.30. The molecule has 156 valence electrons. The number of pyridine rings is 2. The summed E-state index contributed by atoms with van der Waals surface area (Å²) >= 11 is 0. The summed E-state index contributed by atoms with van der Waals surface area (Å²) in [7, 11) is 0. The number of ether oxygens (including phenoxy) is 1. The lowest BCUT2D eigenvalue weighted by Gasteiger charge is -2.29. The lowest BCUT2D eigenvalue weighted by molar-refractivity contribution is 0.122. The third kappa shape index (κ3) is 4.11. The molecule has 3 aromatic rings. The number of aliphatic hydroxyl groups excluding tert-OH is 1. The Morgan fingerprint density at radius 3 is 2.53 bits per heavy atom. The highest BCUT2D eigenvalue weighted by Gasteiger charge is 2.21. The van der Waals surface area contributed by atoms with Gasteiger partial charge in [0.2, 0.25) is 0 Å². The van der Waals surface area contributed by atoms with Gasteiger partial charge in [0, 0.05) is 42.0 Å². The monoisotopic (exact) mass is 404 g/mol. The number of fused-ring (bicyclic) bond motifs is 1. The van der Waals surface area contributed by atoms with Gasteiger partial charge in [-0.1, -0.05) is 12.1 Å². The van der Waals surface area contributed by atoms with Crippen LogP contribution in [0, 0.1) is 0 Å². The number of nitrogens with zero attached hydrogens (tertiary/aromatic N) is 3. The molecule has 1 saturated carbocycles. The average molecular weight is 405 g/mol. The Balaban J connectivity index is 1.44. The minimum Gasteiger partial charge on any atom is -0.393 e. The fourth-order valence-electron chi connectivity index (χ4n) is 4.41. The van der Waals surface area contributed by atoms with Crippen LogP contribution < -0.4 is 10.2 Å². The Kier molecular flexibility index (Phi) is 5.51. The van der Waals surface area contributed by atoms with E-state index in [0.29, 0.717) is 6.04 Å². The van der Waals surface area contributed by atoms with E-state index in [1.165, 1.54) is 5.69 Å². The number of hydrogen-bond donors (Lipinski definition) is 2. The van der Waals surface area contributed by atoms with Crippen LogP contribution in [0.15, 0.2) is 48.7 Å². The molecule has 0 radical (unpaired) electrons. The Morgan fingerprint density at radius 2 is 1.77 bits per heavy atom. The zero-order valence-electron chi connectivity index (χ0n) is 17.1. The third-order valence-electron chi connectivity index (χ3n) is 6.18. The summed E-state index contributed by atoms with van der Waals surface area (Å²) in [6.07, 6.45) is 5.28. The lowest BCUT2D eigenvalue weighted by atomic mass is 9.93. The molecule has 2 aliphatic rings. The van der Waals surface area contributed by atoms with Crippen LogP contribution in [0.2, 0.25) is 0 Å². The molecule has 2 fully saturated rings. The zero-order chi connectivity index (χ0) is 20.3. The maximum Gasteiger partial charge on any atom is 0.136 e. The second-order valence-corrected chi connectivity index (χ2v) is 8.22. The molecule has 5 rings (SSSR count). The molecule has 3 heterocycles. The summed E-state index contributed by atoms with van der Waals surface area (Å²) in [6, 6.07) is 15.0. The van der Waals surface area contributed by atoms with Gasteiger partial charge in [0.05, 0.1) is 30.5 Å². The van der Waals surface area contributed by atoms with Gasteiger partial charge >= 0.3 is 0 Å². The Hall–Kier alpha value is -2.70. The smallest absolute Gasteiger partial charge is 0.136 e. The molecule has 6 nitrogen and oxygen atoms in total. The first-order chi connectivity index (χ1) is 14.8. The van der Waals surface area contributed by atoms with Crippen LogP contribution in [0.3, 0.4) is 0 Å². The van der Waals surface area contributed by atoms with E-state index in [2.05, 4.69) is 51.6 Å². The van der Waals surface area contributed by atoms with Crippen LogP contribution in [0.5, 0.6) is 0 Å². The number of morpholine rings is 1. The predicted octanol–water partition coefficient (Wildman–Crippen LogP) is 3.85. The second kappa shape index (κ2) is 8.58. The topological polar surface area (TPSA) is 70.5 Å². The summed E-state index contributed by atoms with van der Waals surface area (Å²) in [5.74, 6) is 0.884. The zero-order valence-corrected chi connectivity index (χ0v) is 17.1. The van der Waals surface area contributed by atoms with Crippen molar-refractivity contribution in [3.05, 3.63) is 48.7 Å². The lowest BCUT2D eigenvalue weighted by Crippen LogP contribution is -2.36. The molecular weight excluding hydrogens is 376 g/mol. The maximum absolute atomic E-state index is 9.81. The first-order valence-corrected chi connectivity index (χ1v) is 10.9. The Bertz CT molecular complexity index is 994. The van der Waals surface area contributed by atoms with Crippen molar-refractivity contribution in [2.45, 2.75) is 37.8 Å². The molecular formula is C24H28N4O2. The highest BCUT2D eigenvalue weighted by atomic mass is 16.5. The van der Waals surface area contributed by atoms with E-state index in [9.17, 15) is 5.11 Å². The van der Waals surface area contributed by atoms with Gasteiger partial charge in [0.25, 0.3) is 0 Å². The fraction of sp³-hybridized carbons (Fsp3) is 0.417. The molecule has 0 amide bonds. The summed E-state index contributed by atoms with van der Waals surface area (Å²) in [4.78, 5) is 11.9. The van der Waals surface area contributed by atoms with E-state index in [0.717, 1.165) is 80.0 Å². The van der Waals surface area contributed by atoms with Crippen LogP contribution in [-0.4, -0.2) is 53.5 Å². The maximum atomic E-state index is 9.81. The second-order valence-electron chi connectivity index (χ2n) is 8.22. The summed E-state index contributed by atoms with van der Waals surface area (Å²) < 4.78 is 5.46. The van der Waals surface area contributed by atoms with E-state index in [1.807, 2.05) is 12.3 Å². The average Bonchev–Trinajstić information content (AvgIpc) is 2.81. The number of nitrogens with one attached hydrogen (secondary N) is 1. The molecule has 2 aromatic heterocycles. The quantitative estimate of drug-likeness (QED) is 0.688. The number of hydrogen-bond acceptors (Lipinski definition) is 6. The number of aliphatic hydroxyl groups is 1. The third-order valence-corrected chi connectivity index (χ3v) is 6.18. The van der Waals surface area contributed by atoms with E-state index >= 15 is 0 Å². The molecule has 30 heavy (non-hydrogen) atoms. The predicted molar refractivity (Wildman–Crippen MR) is 120 cm³/mol. The van der Waals surface area contributed by atoms with Crippen LogP contribution in [0.4, 0.5) is 11.5 Å². The number of aromatic nitrogens is 2. The van der Waals surface area contributed by atoms with Crippen molar-refractivity contribution in [1.82, 2.24) is 9.97 Å². The minimum atomic E-state index is -0.161. The molecule has 1 saturated heterocycles. The first-order valence-electron chi connectivity index (χ1n) is 10.9. The van der Waals surface area contributed by atoms with Crippen LogP contribution in [0.1, 0.15) is 25.7 Å². The largest absolute Gasteiger partial charge is 0.393 e. The normalized spacial score (nSPS) is 22.2. The molecule has 2 N–H and O–H groups in total. The number of anilines is 2. The van der Waals surface area contributed by atoms with Crippen LogP contribution in [0.25, 0.3) is 22.2 Å². The summed E-state index contributed by atoms with van der Waals surface area (Å²) in [6.45, 7) is 3.43. The molecule has 0 atom stereocenters. The molecule has 1 aromatic carbocycles. The van der Waals surface area contributed by atoms with Gasteiger partial charge in [-0.2, -0.15) is 0 Å². The van der Waals surface area contributed by atoms with Gasteiger partial charge in [0.1, 0.15) is 5.82 Å². The van der Waals surface area contributed by atoms with Crippen molar-refractivity contribution >= 4 is 22.4 Å². The molecule has 0 unspecified atom stereocenters. The molecule has 1 aliphatic heterocycles. The summed E-state index contributed by atoms with van der Waals surface area (Å²) in [5, 5.41) is 14.5. The van der Waals surface area contributed by atoms with Crippen molar-refractivity contribution < 1.29 is 9.84 Å². The standard InChI is InChI=1S/C24H28N4O2/c29-20-9-5-18(6-10-20)26-24-21-2-1-11-25-23(21)16-22(27-24)17-3-7-19(8-4-17)28-12-14-30-15-13-28/h1-4,7-8,11,16,18,20,29H,5-6,9-10,12-15H2,(H,26,27). The van der Waals surface area contributed by atoms with Gasteiger partial charge in [-0.3, -0.25) is 4.98 Å². The van der Waals surface area contributed by atoms with Gasteiger partial charge in [-0.15, -0.1) is 0 Å². The summed E-state index contributed by atoms with van der Waals surface area (Å²) in [5.41, 5.74) is 4.17. The highest BCUT2D eigenvalue weighted by molar-refractivity contribution is 5.92. The van der Waals surface area contributed by atoms with Crippen molar-refractivity contribution in [3.8, 4) is 11.3 Å². The SMILES string of the molecule is OC1CCC(Nc2nc(-c3ccc(N4CCOCC4)cc3)cc3ncccc23)CC1. The van der Waals surface area contributed by atoms with Gasteiger partial charge in [0.15, 0.2) is 0 Å². The van der Waals surface area contributed by atoms with E-state index in [-0.39, 0.29) is 6.10 Å². The van der Waals surface area contributed by atoms with Crippen LogP contribution in [-0.2, 0) is 4.74 Å². The van der Waals surface area contributed by atoms with E-state index in [4.69, 9.17) is 9.72 Å². The van der Waals surface area contributed by atoms with Crippen molar-refractivity contribution in [3.63, 3.8) is 0 Å². The molecule has 1 aliphatic carbocycles.